The third-order valence-corrected chi connectivity index (χ3v) is 6.76. The van der Waals surface area contributed by atoms with Crippen LogP contribution in [-0.4, -0.2) is 10.7 Å². The lowest BCUT2D eigenvalue weighted by Crippen LogP contribution is -2.59. The van der Waals surface area contributed by atoms with Gasteiger partial charge in [0.05, 0.1) is 5.39 Å². The molecule has 1 aromatic carbocycles. The second-order valence-electron chi connectivity index (χ2n) is 8.19. The quantitative estimate of drug-likeness (QED) is 0.752. The first-order valence-corrected chi connectivity index (χ1v) is 8.32. The van der Waals surface area contributed by atoms with Crippen molar-refractivity contribution in [3.63, 3.8) is 0 Å². The van der Waals surface area contributed by atoms with E-state index in [2.05, 4.69) is 20.8 Å². The van der Waals surface area contributed by atoms with E-state index in [1.807, 2.05) is 0 Å². The van der Waals surface area contributed by atoms with Gasteiger partial charge in [0.25, 0.3) is 0 Å². The van der Waals surface area contributed by atoms with Gasteiger partial charge in [-0.1, -0.05) is 13.8 Å². The summed E-state index contributed by atoms with van der Waals surface area (Å²) in [6.07, 6.45) is 2.22. The van der Waals surface area contributed by atoms with Crippen molar-refractivity contribution in [2.24, 2.45) is 17.3 Å². The molecule has 23 heavy (non-hydrogen) atoms. The molecule has 1 N–H and O–H groups in total. The lowest BCUT2D eigenvalue weighted by molar-refractivity contribution is -0.120. The predicted molar refractivity (Wildman–Crippen MR) is 85.9 cm³/mol. The van der Waals surface area contributed by atoms with Crippen LogP contribution in [0.15, 0.2) is 27.4 Å². The van der Waals surface area contributed by atoms with Gasteiger partial charge in [0.2, 0.25) is 0 Å². The lowest BCUT2D eigenvalue weighted by Gasteiger charge is -2.62. The van der Waals surface area contributed by atoms with Crippen LogP contribution >= 0.6 is 0 Å². The summed E-state index contributed by atoms with van der Waals surface area (Å²) in [5.74, 6) is 2.30. The molecule has 2 aliphatic carbocycles. The first-order valence-electron chi connectivity index (χ1n) is 8.32. The zero-order valence-electron chi connectivity index (χ0n) is 13.6. The minimum atomic E-state index is -0.415. The number of phenolic OH excluding ortho intramolecular Hbond substituents is 1. The Bertz CT molecular complexity index is 909. The Balaban J connectivity index is 1.83. The Hall–Kier alpha value is -1.97. The van der Waals surface area contributed by atoms with Crippen molar-refractivity contribution in [2.75, 3.05) is 0 Å². The molecule has 5 rings (SSSR count). The molecule has 0 unspecified atom stereocenters. The monoisotopic (exact) mass is 312 g/mol. The Kier molecular flexibility index (Phi) is 2.19. The number of aromatic hydroxyl groups is 1. The average molecular weight is 312 g/mol. The summed E-state index contributed by atoms with van der Waals surface area (Å²) < 4.78 is 11.6. The number of phenols is 1. The summed E-state index contributed by atoms with van der Waals surface area (Å²) in [5, 5.41) is 11.5. The van der Waals surface area contributed by atoms with Gasteiger partial charge in [-0.15, -0.1) is 0 Å². The first-order chi connectivity index (χ1) is 10.8. The lowest BCUT2D eigenvalue weighted by atomic mass is 9.45. The molecule has 0 saturated heterocycles. The van der Waals surface area contributed by atoms with Crippen LogP contribution in [0, 0.1) is 17.3 Å². The molecule has 0 bridgehead atoms. The predicted octanol–water partition coefficient (Wildman–Crippen LogP) is 3.80. The zero-order chi connectivity index (χ0) is 16.1. The topological polar surface area (TPSA) is 59.7 Å². The van der Waals surface area contributed by atoms with E-state index in [0.29, 0.717) is 34.5 Å². The van der Waals surface area contributed by atoms with E-state index in [1.165, 1.54) is 12.5 Å². The van der Waals surface area contributed by atoms with E-state index in [-0.39, 0.29) is 16.8 Å². The Morgan fingerprint density at radius 3 is 2.83 bits per heavy atom. The standard InChI is InChI=1S/C19H20O4/c1-18(2)10-6-7-19(3)15(10)16(18)14-12(23-19)8-11-9(17(14)21)4-5-13(20)22-11/h4-5,8,10,15-16,21H,6-7H2,1-3H3/t10-,15+,16+,19+/m0/s1. The molecule has 3 aliphatic rings. The molecule has 4 heteroatoms. The maximum Gasteiger partial charge on any atom is 0.336 e. The van der Waals surface area contributed by atoms with Crippen LogP contribution in [0.25, 0.3) is 11.0 Å². The smallest absolute Gasteiger partial charge is 0.336 e. The van der Waals surface area contributed by atoms with Gasteiger partial charge in [-0.3, -0.25) is 0 Å². The van der Waals surface area contributed by atoms with Crippen LogP contribution in [0.2, 0.25) is 0 Å². The number of rotatable bonds is 0. The summed E-state index contributed by atoms with van der Waals surface area (Å²) >= 11 is 0. The molecular formula is C19H20O4. The van der Waals surface area contributed by atoms with Crippen molar-refractivity contribution >= 4 is 11.0 Å². The molecule has 120 valence electrons. The summed E-state index contributed by atoms with van der Waals surface area (Å²) in [6.45, 7) is 6.79. The molecule has 0 amide bonds. The molecule has 0 radical (unpaired) electrons. The number of benzene rings is 1. The molecule has 1 aliphatic heterocycles. The second kappa shape index (κ2) is 3.74. The van der Waals surface area contributed by atoms with Gasteiger partial charge in [-0.25, -0.2) is 4.79 Å². The molecule has 2 saturated carbocycles. The van der Waals surface area contributed by atoms with Gasteiger partial charge < -0.3 is 14.3 Å². The van der Waals surface area contributed by atoms with E-state index in [4.69, 9.17) is 9.15 Å². The van der Waals surface area contributed by atoms with Gasteiger partial charge in [-0.2, -0.15) is 0 Å². The van der Waals surface area contributed by atoms with E-state index >= 15 is 0 Å². The Labute approximate surface area is 134 Å². The largest absolute Gasteiger partial charge is 0.507 e. The van der Waals surface area contributed by atoms with Crippen molar-refractivity contribution in [3.05, 3.63) is 34.2 Å². The van der Waals surface area contributed by atoms with Gasteiger partial charge in [-0.05, 0) is 37.2 Å². The van der Waals surface area contributed by atoms with Crippen molar-refractivity contribution < 1.29 is 14.3 Å². The summed E-state index contributed by atoms with van der Waals surface area (Å²) in [5.41, 5.74) is 0.857. The zero-order valence-corrected chi connectivity index (χ0v) is 13.6. The number of hydrogen-bond acceptors (Lipinski definition) is 4. The fourth-order valence-corrected chi connectivity index (χ4v) is 5.71. The van der Waals surface area contributed by atoms with E-state index in [0.717, 1.165) is 12.0 Å². The van der Waals surface area contributed by atoms with E-state index in [9.17, 15) is 9.90 Å². The third-order valence-electron chi connectivity index (χ3n) is 6.76. The van der Waals surface area contributed by atoms with Crippen LogP contribution in [0.3, 0.4) is 0 Å². The maximum absolute atomic E-state index is 11.5. The normalized spacial score (nSPS) is 36.0. The minimum Gasteiger partial charge on any atom is -0.507 e. The van der Waals surface area contributed by atoms with E-state index in [1.54, 1.807) is 12.1 Å². The maximum atomic E-state index is 11.5. The van der Waals surface area contributed by atoms with Crippen LogP contribution in [0.4, 0.5) is 0 Å². The third kappa shape index (κ3) is 1.41. The van der Waals surface area contributed by atoms with Crippen molar-refractivity contribution in [1.82, 2.24) is 0 Å². The highest BCUT2D eigenvalue weighted by Gasteiger charge is 2.69. The number of fused-ring (bicyclic) bond motifs is 3. The highest BCUT2D eigenvalue weighted by Crippen LogP contribution is 2.74. The summed E-state index contributed by atoms with van der Waals surface area (Å²) in [7, 11) is 0. The molecule has 1 aromatic heterocycles. The molecular weight excluding hydrogens is 292 g/mol. The summed E-state index contributed by atoms with van der Waals surface area (Å²) in [6, 6.07) is 4.78. The highest BCUT2D eigenvalue weighted by atomic mass is 16.5. The minimum absolute atomic E-state index is 0.154. The fourth-order valence-electron chi connectivity index (χ4n) is 5.71. The Morgan fingerprint density at radius 1 is 1.26 bits per heavy atom. The van der Waals surface area contributed by atoms with Gasteiger partial charge in [0.1, 0.15) is 22.7 Å². The van der Waals surface area contributed by atoms with Crippen LogP contribution in [-0.2, 0) is 0 Å². The fraction of sp³-hybridized carbons (Fsp3) is 0.526. The van der Waals surface area contributed by atoms with Gasteiger partial charge in [0, 0.05) is 29.5 Å². The van der Waals surface area contributed by atoms with Crippen molar-refractivity contribution in [1.29, 1.82) is 0 Å². The first kappa shape index (κ1) is 13.5. The molecule has 2 fully saturated rings. The average Bonchev–Trinajstić information content (AvgIpc) is 2.81. The van der Waals surface area contributed by atoms with Crippen LogP contribution in [0.5, 0.6) is 11.5 Å². The number of ether oxygens (including phenoxy) is 1. The van der Waals surface area contributed by atoms with Crippen molar-refractivity contribution in [2.45, 2.75) is 45.1 Å². The Morgan fingerprint density at radius 2 is 2.04 bits per heavy atom. The van der Waals surface area contributed by atoms with Crippen LogP contribution in [0.1, 0.15) is 45.1 Å². The highest BCUT2D eigenvalue weighted by molar-refractivity contribution is 5.87. The van der Waals surface area contributed by atoms with Gasteiger partial charge >= 0.3 is 5.63 Å². The molecule has 2 aromatic rings. The molecule has 4 atom stereocenters. The van der Waals surface area contributed by atoms with Gasteiger partial charge in [0.15, 0.2) is 0 Å². The second-order valence-corrected chi connectivity index (χ2v) is 8.19. The van der Waals surface area contributed by atoms with Crippen LogP contribution < -0.4 is 10.4 Å². The molecule has 2 heterocycles. The SMILES string of the molecule is CC1(C)[C@@H]2c3c(cc4oc(=O)ccc4c3O)O[C@]3(C)CC[C@H]1[C@H]23. The number of hydrogen-bond donors (Lipinski definition) is 1. The van der Waals surface area contributed by atoms with Crippen molar-refractivity contribution in [3.8, 4) is 11.5 Å². The molecule has 4 nitrogen and oxygen atoms in total. The molecule has 0 spiro atoms. The summed E-state index contributed by atoms with van der Waals surface area (Å²) in [4.78, 5) is 11.5. The van der Waals surface area contributed by atoms with E-state index < -0.39 is 5.63 Å².